The maximum Gasteiger partial charge on any atom is 0.274 e. The van der Waals surface area contributed by atoms with Gasteiger partial charge in [-0.1, -0.05) is 30.3 Å². The summed E-state index contributed by atoms with van der Waals surface area (Å²) >= 11 is 0. The lowest BCUT2D eigenvalue weighted by Gasteiger charge is -2.44. The van der Waals surface area contributed by atoms with Gasteiger partial charge in [0, 0.05) is 85.0 Å². The second kappa shape index (κ2) is 11.9. The van der Waals surface area contributed by atoms with Crippen LogP contribution in [-0.2, 0) is 15.1 Å². The molecule has 0 atom stereocenters. The van der Waals surface area contributed by atoms with Crippen LogP contribution in [0.4, 0.5) is 11.4 Å². The third-order valence-electron chi connectivity index (χ3n) is 8.98. The first-order chi connectivity index (χ1) is 21.0. The van der Waals surface area contributed by atoms with Crippen molar-refractivity contribution >= 4 is 23.2 Å². The Labute approximate surface area is 253 Å². The van der Waals surface area contributed by atoms with Gasteiger partial charge in [-0.15, -0.1) is 0 Å². The molecule has 1 spiro atoms. The van der Waals surface area contributed by atoms with Gasteiger partial charge in [-0.2, -0.15) is 0 Å². The molecular weight excluding hydrogens is 542 g/mol. The Hall–Kier alpha value is -4.08. The third kappa shape index (κ3) is 4.80. The minimum Gasteiger partial charge on any atom is -0.456 e. The molecule has 2 amide bonds. The van der Waals surface area contributed by atoms with Gasteiger partial charge in [0.1, 0.15) is 17.0 Å². The van der Waals surface area contributed by atoms with Crippen molar-refractivity contribution in [1.29, 1.82) is 0 Å². The molecule has 1 saturated heterocycles. The van der Waals surface area contributed by atoms with Gasteiger partial charge < -0.3 is 19.3 Å². The van der Waals surface area contributed by atoms with E-state index in [2.05, 4.69) is 84.2 Å². The van der Waals surface area contributed by atoms with E-state index in [-0.39, 0.29) is 18.4 Å². The lowest BCUT2D eigenvalue weighted by Crippen LogP contribution is -2.57. The van der Waals surface area contributed by atoms with Gasteiger partial charge in [0.25, 0.3) is 11.8 Å². The van der Waals surface area contributed by atoms with Crippen LogP contribution in [0.5, 0.6) is 11.5 Å². The lowest BCUT2D eigenvalue weighted by molar-refractivity contribution is -0.128. The molecule has 0 radical (unpaired) electrons. The molecule has 3 aliphatic rings. The molecule has 9 heteroatoms. The SMILES string of the molecule is CCN(CC)c1ccc2c(c1)Oc1cc(N(CC)CC)ccc1C21c2ccccc2C(=O)N1NC(=O)CN1CCOCC1. The number of morpholine rings is 1. The van der Waals surface area contributed by atoms with E-state index in [1.54, 1.807) is 5.01 Å². The van der Waals surface area contributed by atoms with Crippen molar-refractivity contribution in [2.24, 2.45) is 0 Å². The zero-order valence-corrected chi connectivity index (χ0v) is 25.6. The summed E-state index contributed by atoms with van der Waals surface area (Å²) in [4.78, 5) is 34.5. The second-order valence-electron chi connectivity index (χ2n) is 11.1. The van der Waals surface area contributed by atoms with Gasteiger partial charge in [0.2, 0.25) is 0 Å². The van der Waals surface area contributed by atoms with Crippen molar-refractivity contribution < 1.29 is 19.1 Å². The maximum atomic E-state index is 14.3. The van der Waals surface area contributed by atoms with Gasteiger partial charge in [0.05, 0.1) is 19.8 Å². The molecule has 0 aliphatic carbocycles. The topological polar surface area (TPSA) is 77.6 Å². The zero-order chi connectivity index (χ0) is 30.1. The van der Waals surface area contributed by atoms with Gasteiger partial charge in [0.15, 0.2) is 0 Å². The maximum absolute atomic E-state index is 14.3. The van der Waals surface area contributed by atoms with E-state index in [1.165, 1.54) is 0 Å². The highest BCUT2D eigenvalue weighted by molar-refractivity contribution is 6.03. The molecule has 1 fully saturated rings. The molecule has 43 heavy (non-hydrogen) atoms. The molecule has 3 heterocycles. The van der Waals surface area contributed by atoms with Crippen molar-refractivity contribution in [1.82, 2.24) is 15.3 Å². The predicted octanol–water partition coefficient (Wildman–Crippen LogP) is 4.60. The summed E-state index contributed by atoms with van der Waals surface area (Å²) in [5.74, 6) is 0.859. The minimum absolute atomic E-state index is 0.178. The Kier molecular flexibility index (Phi) is 8.03. The van der Waals surface area contributed by atoms with Crippen LogP contribution in [-0.4, -0.2) is 80.8 Å². The summed E-state index contributed by atoms with van der Waals surface area (Å²) in [5.41, 5.74) is 7.07. The second-order valence-corrected chi connectivity index (χ2v) is 11.1. The average molecular weight is 584 g/mol. The molecule has 0 aromatic heterocycles. The highest BCUT2D eigenvalue weighted by Crippen LogP contribution is 2.57. The molecule has 0 bridgehead atoms. The summed E-state index contributed by atoms with van der Waals surface area (Å²) in [7, 11) is 0. The number of benzene rings is 3. The van der Waals surface area contributed by atoms with Crippen molar-refractivity contribution in [3.8, 4) is 11.5 Å². The van der Waals surface area contributed by atoms with E-state index in [9.17, 15) is 9.59 Å². The number of amides is 2. The number of hydrazine groups is 1. The normalized spacial score (nSPS) is 16.7. The fourth-order valence-electron chi connectivity index (χ4n) is 6.79. The van der Waals surface area contributed by atoms with Gasteiger partial charge in [-0.3, -0.25) is 19.9 Å². The summed E-state index contributed by atoms with van der Waals surface area (Å²) < 4.78 is 12.2. The summed E-state index contributed by atoms with van der Waals surface area (Å²) in [6.07, 6.45) is 0. The van der Waals surface area contributed by atoms with Crippen LogP contribution >= 0.6 is 0 Å². The number of anilines is 2. The Morgan fingerprint density at radius 2 is 1.37 bits per heavy atom. The summed E-state index contributed by atoms with van der Waals surface area (Å²) in [6.45, 7) is 14.7. The summed E-state index contributed by atoms with van der Waals surface area (Å²) in [6, 6.07) is 20.1. The van der Waals surface area contributed by atoms with Crippen molar-refractivity contribution in [2.75, 3.05) is 68.8 Å². The number of nitrogens with zero attached hydrogens (tertiary/aromatic N) is 4. The molecule has 0 saturated carbocycles. The first-order valence-electron chi connectivity index (χ1n) is 15.5. The third-order valence-corrected chi connectivity index (χ3v) is 8.98. The molecule has 3 aliphatic heterocycles. The first-order valence-corrected chi connectivity index (χ1v) is 15.5. The van der Waals surface area contributed by atoms with Crippen LogP contribution < -0.4 is 20.0 Å². The number of hydrogen-bond acceptors (Lipinski definition) is 7. The van der Waals surface area contributed by atoms with Gasteiger partial charge in [-0.25, -0.2) is 5.01 Å². The number of carbonyl (C=O) groups excluding carboxylic acids is 2. The predicted molar refractivity (Wildman–Crippen MR) is 168 cm³/mol. The Balaban J connectivity index is 1.55. The van der Waals surface area contributed by atoms with E-state index in [1.807, 2.05) is 24.3 Å². The molecule has 6 rings (SSSR count). The smallest absolute Gasteiger partial charge is 0.274 e. The number of rotatable bonds is 9. The van der Waals surface area contributed by atoms with Crippen LogP contribution in [0.1, 0.15) is 54.7 Å². The number of nitrogens with one attached hydrogen (secondary N) is 1. The number of fused-ring (bicyclic) bond motifs is 6. The number of ether oxygens (including phenoxy) is 2. The molecule has 226 valence electrons. The average Bonchev–Trinajstić information content (AvgIpc) is 3.26. The highest BCUT2D eigenvalue weighted by atomic mass is 16.5. The molecule has 9 nitrogen and oxygen atoms in total. The fraction of sp³-hybridized carbons (Fsp3) is 0.412. The van der Waals surface area contributed by atoms with Gasteiger partial charge >= 0.3 is 0 Å². The molecular formula is C34H41N5O4. The zero-order valence-electron chi connectivity index (χ0n) is 25.6. The quantitative estimate of drug-likeness (QED) is 0.395. The fourth-order valence-corrected chi connectivity index (χ4v) is 6.79. The monoisotopic (exact) mass is 583 g/mol. The van der Waals surface area contributed by atoms with Gasteiger partial charge in [-0.05, 0) is 45.9 Å². The van der Waals surface area contributed by atoms with Crippen molar-refractivity contribution in [3.05, 3.63) is 82.9 Å². The Morgan fingerprint density at radius 3 is 1.93 bits per heavy atom. The molecule has 1 N–H and O–H groups in total. The molecule has 3 aromatic carbocycles. The Morgan fingerprint density at radius 1 is 0.814 bits per heavy atom. The summed E-state index contributed by atoms with van der Waals surface area (Å²) in [5, 5.41) is 1.55. The number of carbonyl (C=O) groups is 2. The van der Waals surface area contributed by atoms with Crippen LogP contribution in [0.2, 0.25) is 0 Å². The molecule has 3 aromatic rings. The largest absolute Gasteiger partial charge is 0.456 e. The van der Waals surface area contributed by atoms with E-state index < -0.39 is 5.54 Å². The van der Waals surface area contributed by atoms with Crippen molar-refractivity contribution in [2.45, 2.75) is 33.2 Å². The Bertz CT molecular complexity index is 1450. The van der Waals surface area contributed by atoms with E-state index in [0.717, 1.165) is 54.2 Å². The molecule has 0 unspecified atom stereocenters. The number of hydrogen-bond donors (Lipinski definition) is 1. The van der Waals surface area contributed by atoms with E-state index in [0.29, 0.717) is 43.4 Å². The lowest BCUT2D eigenvalue weighted by atomic mass is 9.75. The van der Waals surface area contributed by atoms with Crippen molar-refractivity contribution in [3.63, 3.8) is 0 Å². The standard InChI is InChI=1S/C34H41N5O4/c1-5-37(6-2)24-13-15-28-30(21-24)43-31-22-25(38(7-3)8-4)14-16-29(31)34(28)27-12-10-9-11-26(27)33(41)39(34)35-32(40)23-36-17-19-42-20-18-36/h9-16,21-22H,5-8,17-20,23H2,1-4H3,(H,35,40). The van der Waals surface area contributed by atoms with Crippen LogP contribution in [0, 0.1) is 0 Å². The van der Waals surface area contributed by atoms with E-state index in [4.69, 9.17) is 9.47 Å². The van der Waals surface area contributed by atoms with Crippen LogP contribution in [0.15, 0.2) is 60.7 Å². The minimum atomic E-state index is -1.11. The van der Waals surface area contributed by atoms with Crippen LogP contribution in [0.3, 0.4) is 0 Å². The highest BCUT2D eigenvalue weighted by Gasteiger charge is 2.57. The van der Waals surface area contributed by atoms with E-state index >= 15 is 0 Å². The van der Waals surface area contributed by atoms with Crippen LogP contribution in [0.25, 0.3) is 0 Å². The first kappa shape index (κ1) is 29.0.